The molecule has 0 aromatic heterocycles. The third-order valence-electron chi connectivity index (χ3n) is 6.64. The van der Waals surface area contributed by atoms with Crippen LogP contribution in [0.5, 0.6) is 0 Å². The van der Waals surface area contributed by atoms with E-state index < -0.39 is 34.7 Å². The van der Waals surface area contributed by atoms with E-state index in [2.05, 4.69) is 48.7 Å². The molecule has 3 heterocycles. The average Bonchev–Trinajstić information content (AvgIpc) is 3.60. The van der Waals surface area contributed by atoms with Crippen LogP contribution >= 0.6 is 35.3 Å². The molecule has 0 saturated carbocycles. The third kappa shape index (κ3) is 5.98. The lowest BCUT2D eigenvalue weighted by Gasteiger charge is -2.23. The number of benzene rings is 1. The van der Waals surface area contributed by atoms with Crippen molar-refractivity contribution < 1.29 is 14.4 Å². The van der Waals surface area contributed by atoms with Crippen LogP contribution in [-0.2, 0) is 20.8 Å². The summed E-state index contributed by atoms with van der Waals surface area (Å²) in [5.41, 5.74) is -0.664. The number of carbonyl (C=O) groups excluding carboxylic acids is 3. The van der Waals surface area contributed by atoms with E-state index in [1.807, 2.05) is 17.8 Å². The Morgan fingerprint density at radius 2 is 1.51 bits per heavy atom. The second-order valence-electron chi connectivity index (χ2n) is 10.1. The minimum absolute atomic E-state index is 0.355. The van der Waals surface area contributed by atoms with Gasteiger partial charge in [0, 0.05) is 24.3 Å². The van der Waals surface area contributed by atoms with Gasteiger partial charge in [-0.3, -0.25) is 29.4 Å². The van der Waals surface area contributed by atoms with Crippen LogP contribution in [0.2, 0.25) is 0 Å². The van der Waals surface area contributed by atoms with Gasteiger partial charge in [0.25, 0.3) is 0 Å². The first-order chi connectivity index (χ1) is 17.5. The number of nitrogens with one attached hydrogen (secondary N) is 2. The molecule has 0 bridgehead atoms. The lowest BCUT2D eigenvalue weighted by Crippen LogP contribution is -2.55. The molecule has 0 aliphatic carbocycles. The lowest BCUT2D eigenvalue weighted by atomic mass is 10.0. The number of aryl methyl sites for hydroxylation is 1. The Morgan fingerprint density at radius 1 is 0.892 bits per heavy atom. The summed E-state index contributed by atoms with van der Waals surface area (Å²) in [6, 6.07) is 9.23. The molecule has 0 fully saturated rings. The second-order valence-corrected chi connectivity index (χ2v) is 13.1. The zero-order chi connectivity index (χ0) is 26.8. The van der Waals surface area contributed by atoms with E-state index in [0.717, 1.165) is 39.5 Å². The number of hydrogen-bond acceptors (Lipinski definition) is 9. The summed E-state index contributed by atoms with van der Waals surface area (Å²) >= 11 is 5.04. The molecule has 0 unspecified atom stereocenters. The monoisotopic (exact) mass is 559 g/mol. The molecule has 198 valence electrons. The summed E-state index contributed by atoms with van der Waals surface area (Å²) in [6.45, 7) is 7.22. The molecule has 0 saturated heterocycles. The molecule has 0 spiro atoms. The summed E-state index contributed by atoms with van der Waals surface area (Å²) in [4.78, 5) is 52.0. The Morgan fingerprint density at radius 3 is 2.19 bits per heavy atom. The molecule has 1 aromatic carbocycles. The van der Waals surface area contributed by atoms with Crippen LogP contribution in [0.4, 0.5) is 0 Å². The number of rotatable bonds is 9. The quantitative estimate of drug-likeness (QED) is 0.450. The van der Waals surface area contributed by atoms with E-state index in [9.17, 15) is 14.4 Å². The summed E-state index contributed by atoms with van der Waals surface area (Å²) in [5.74, 6) is 0.612. The smallest absolute Gasteiger partial charge is 0.250 e. The lowest BCUT2D eigenvalue weighted by molar-refractivity contribution is -0.136. The number of Topliss-reactive ketones (excluding diaryl/α,β-unsaturated/α-hetero) is 1. The fourth-order valence-electron chi connectivity index (χ4n) is 4.25. The van der Waals surface area contributed by atoms with Crippen LogP contribution in [0.25, 0.3) is 0 Å². The minimum Gasteiger partial charge on any atom is -0.357 e. The highest BCUT2D eigenvalue weighted by Crippen LogP contribution is 2.44. The fourth-order valence-corrected chi connectivity index (χ4v) is 8.22. The molecule has 11 heteroatoms. The van der Waals surface area contributed by atoms with E-state index in [1.165, 1.54) is 31.3 Å². The SMILES string of the molecule is CNC(=O)[C@@H](NC(=O)[C@]1(C)CSC([C@]2(C)CSC([C@]3(C)CSC(CCc4ccccc4)=N3)=N2)=N1)C(C)=O. The molecule has 3 aliphatic heterocycles. The van der Waals surface area contributed by atoms with Crippen LogP contribution in [0.15, 0.2) is 45.3 Å². The molecule has 2 N–H and O–H groups in total. The number of aliphatic imine (C=N–C) groups is 3. The van der Waals surface area contributed by atoms with Gasteiger partial charge in [-0.1, -0.05) is 30.3 Å². The molecule has 2 amide bonds. The second kappa shape index (κ2) is 10.9. The highest BCUT2D eigenvalue weighted by Gasteiger charge is 2.49. The van der Waals surface area contributed by atoms with Crippen molar-refractivity contribution >= 4 is 68.0 Å². The van der Waals surface area contributed by atoms with Crippen molar-refractivity contribution in [2.75, 3.05) is 24.3 Å². The van der Waals surface area contributed by atoms with Gasteiger partial charge in [0.1, 0.15) is 16.6 Å². The average molecular weight is 560 g/mol. The first-order valence-corrected chi connectivity index (χ1v) is 15.2. The number of thioether (sulfide) groups is 3. The van der Waals surface area contributed by atoms with Crippen molar-refractivity contribution in [1.82, 2.24) is 10.6 Å². The summed E-state index contributed by atoms with van der Waals surface area (Å²) < 4.78 is 0. The molecule has 37 heavy (non-hydrogen) atoms. The molecule has 8 nitrogen and oxygen atoms in total. The van der Waals surface area contributed by atoms with Gasteiger partial charge in [-0.05, 0) is 46.1 Å². The standard InChI is InChI=1S/C26H33N5O3S3/c1-16(32)19(20(33)27-5)28-21(34)24(2)13-36-23(30-24)26(4)15-37-22(31-26)25(3)14-35-18(29-25)12-11-17-9-7-6-8-10-17/h6-10,19H,11-15H2,1-5H3,(H,27,33)(H,28,34)/t19-,24-,25-,26-/m0/s1. The first kappa shape index (κ1) is 27.9. The van der Waals surface area contributed by atoms with Crippen molar-refractivity contribution in [3.8, 4) is 0 Å². The Kier molecular flexibility index (Phi) is 8.25. The molecule has 4 atom stereocenters. The zero-order valence-corrected chi connectivity index (χ0v) is 24.2. The number of carbonyl (C=O) groups is 3. The van der Waals surface area contributed by atoms with E-state index in [4.69, 9.17) is 15.0 Å². The molecule has 0 radical (unpaired) electrons. The fraction of sp³-hybridized carbons (Fsp3) is 0.538. The summed E-state index contributed by atoms with van der Waals surface area (Å²) in [6.07, 6.45) is 1.89. The van der Waals surface area contributed by atoms with Gasteiger partial charge in [-0.2, -0.15) is 0 Å². The van der Waals surface area contributed by atoms with Gasteiger partial charge in [0.2, 0.25) is 11.8 Å². The van der Waals surface area contributed by atoms with Gasteiger partial charge in [0.05, 0.1) is 15.1 Å². The Hall–Kier alpha value is -2.11. The van der Waals surface area contributed by atoms with Gasteiger partial charge >= 0.3 is 0 Å². The van der Waals surface area contributed by atoms with E-state index in [1.54, 1.807) is 18.7 Å². The maximum absolute atomic E-state index is 13.1. The van der Waals surface area contributed by atoms with Crippen LogP contribution < -0.4 is 10.6 Å². The maximum atomic E-state index is 13.1. The molecule has 3 aliphatic rings. The van der Waals surface area contributed by atoms with Gasteiger partial charge in [0.15, 0.2) is 11.8 Å². The van der Waals surface area contributed by atoms with Crippen molar-refractivity contribution in [2.24, 2.45) is 15.0 Å². The molecule has 4 rings (SSSR count). The highest BCUT2D eigenvalue weighted by molar-refractivity contribution is 8.17. The van der Waals surface area contributed by atoms with Gasteiger partial charge < -0.3 is 10.6 Å². The largest absolute Gasteiger partial charge is 0.357 e. The number of likely N-dealkylation sites (N-methyl/N-ethyl adjacent to an activating group) is 1. The highest BCUT2D eigenvalue weighted by atomic mass is 32.2. The first-order valence-electron chi connectivity index (χ1n) is 12.2. The topological polar surface area (TPSA) is 112 Å². The Bertz CT molecular complexity index is 1190. The third-order valence-corrected chi connectivity index (χ3v) is 11.0. The van der Waals surface area contributed by atoms with Crippen molar-refractivity contribution in [1.29, 1.82) is 0 Å². The molecular formula is C26H33N5O3S3. The number of amides is 2. The molecular weight excluding hydrogens is 527 g/mol. The number of ketones is 1. The number of hydrogen-bond donors (Lipinski definition) is 2. The Labute approximate surface area is 230 Å². The Balaban J connectivity index is 1.46. The van der Waals surface area contributed by atoms with Crippen LogP contribution in [-0.4, -0.2) is 79.7 Å². The van der Waals surface area contributed by atoms with Crippen LogP contribution in [0.3, 0.4) is 0 Å². The van der Waals surface area contributed by atoms with Crippen LogP contribution in [0.1, 0.15) is 39.7 Å². The van der Waals surface area contributed by atoms with Crippen LogP contribution in [0, 0.1) is 0 Å². The van der Waals surface area contributed by atoms with E-state index >= 15 is 0 Å². The maximum Gasteiger partial charge on any atom is 0.250 e. The number of nitrogens with zero attached hydrogens (tertiary/aromatic N) is 3. The van der Waals surface area contributed by atoms with E-state index in [0.29, 0.717) is 5.75 Å². The molecule has 1 aromatic rings. The predicted molar refractivity (Wildman–Crippen MR) is 156 cm³/mol. The predicted octanol–water partition coefficient (Wildman–Crippen LogP) is 3.15. The zero-order valence-electron chi connectivity index (χ0n) is 21.8. The van der Waals surface area contributed by atoms with Gasteiger partial charge in [-0.25, -0.2) is 0 Å². The van der Waals surface area contributed by atoms with Crippen molar-refractivity contribution in [3.63, 3.8) is 0 Å². The van der Waals surface area contributed by atoms with Crippen molar-refractivity contribution in [3.05, 3.63) is 35.9 Å². The minimum atomic E-state index is -1.23. The normalized spacial score (nSPS) is 29.8. The summed E-state index contributed by atoms with van der Waals surface area (Å²) in [5, 5.41) is 7.97. The summed E-state index contributed by atoms with van der Waals surface area (Å²) in [7, 11) is 1.43. The van der Waals surface area contributed by atoms with Crippen molar-refractivity contribution in [2.45, 2.75) is 63.2 Å². The van der Waals surface area contributed by atoms with Gasteiger partial charge in [-0.15, -0.1) is 35.3 Å². The van der Waals surface area contributed by atoms with E-state index in [-0.39, 0.29) is 5.54 Å².